The summed E-state index contributed by atoms with van der Waals surface area (Å²) in [6.45, 7) is 9.02. The highest BCUT2D eigenvalue weighted by Crippen LogP contribution is 2.23. The Bertz CT molecular complexity index is 769. The summed E-state index contributed by atoms with van der Waals surface area (Å²) in [5.74, 6) is -0.0733. The minimum Gasteiger partial charge on any atom is -0.355 e. The predicted octanol–water partition coefficient (Wildman–Crippen LogP) is 2.00. The topological polar surface area (TPSA) is 71.0 Å². The number of carbonyl (C=O) groups is 2. The molecule has 6 heteroatoms. The van der Waals surface area contributed by atoms with Crippen LogP contribution in [0.25, 0.3) is 0 Å². The Labute approximate surface area is 129 Å². The molecule has 0 unspecified atom stereocenters. The summed E-state index contributed by atoms with van der Waals surface area (Å²) >= 11 is 0. The van der Waals surface area contributed by atoms with Gasteiger partial charge >= 0.3 is 0 Å². The van der Waals surface area contributed by atoms with Gasteiger partial charge in [-0.2, -0.15) is 5.10 Å². The highest BCUT2D eigenvalue weighted by Gasteiger charge is 2.27. The average Bonchev–Trinajstić information content (AvgIpc) is 2.96. The Morgan fingerprint density at radius 2 is 1.95 bits per heavy atom. The molecule has 0 fully saturated rings. The van der Waals surface area contributed by atoms with E-state index in [0.717, 1.165) is 22.6 Å². The van der Waals surface area contributed by atoms with Crippen molar-refractivity contribution in [3.63, 3.8) is 0 Å². The highest BCUT2D eigenvalue weighted by molar-refractivity contribution is 6.02. The molecule has 0 bridgehead atoms. The molecule has 1 aliphatic rings. The second kappa shape index (κ2) is 5.12. The van der Waals surface area contributed by atoms with Crippen molar-refractivity contribution in [2.75, 3.05) is 6.54 Å². The molecular weight excluding hydrogens is 280 g/mol. The average molecular weight is 300 g/mol. The zero-order valence-electron chi connectivity index (χ0n) is 13.4. The third-order valence-corrected chi connectivity index (χ3v) is 4.21. The molecule has 0 atom stereocenters. The van der Waals surface area contributed by atoms with Gasteiger partial charge in [-0.3, -0.25) is 14.3 Å². The van der Waals surface area contributed by atoms with Gasteiger partial charge in [0.2, 0.25) is 0 Å². The number of aromatic amines is 1. The van der Waals surface area contributed by atoms with Crippen molar-refractivity contribution in [2.24, 2.45) is 0 Å². The second-order valence-electron chi connectivity index (χ2n) is 5.91. The van der Waals surface area contributed by atoms with E-state index in [0.29, 0.717) is 30.9 Å². The molecule has 116 valence electrons. The Morgan fingerprint density at radius 1 is 1.23 bits per heavy atom. The van der Waals surface area contributed by atoms with E-state index >= 15 is 0 Å². The van der Waals surface area contributed by atoms with Crippen molar-refractivity contribution >= 4 is 11.7 Å². The molecule has 6 nitrogen and oxygen atoms in total. The third kappa shape index (κ3) is 2.24. The zero-order valence-corrected chi connectivity index (χ0v) is 13.4. The van der Waals surface area contributed by atoms with Crippen LogP contribution in [0.1, 0.15) is 50.4 Å². The Hall–Kier alpha value is -2.37. The zero-order chi connectivity index (χ0) is 16.0. The van der Waals surface area contributed by atoms with E-state index in [1.54, 1.807) is 0 Å². The fourth-order valence-electron chi connectivity index (χ4n) is 3.16. The minimum absolute atomic E-state index is 0.0242. The maximum atomic E-state index is 12.9. The van der Waals surface area contributed by atoms with Gasteiger partial charge in [0, 0.05) is 19.2 Å². The quantitative estimate of drug-likeness (QED) is 0.862. The first-order chi connectivity index (χ1) is 10.4. The first-order valence-corrected chi connectivity index (χ1v) is 7.41. The van der Waals surface area contributed by atoms with Crippen molar-refractivity contribution in [1.82, 2.24) is 19.7 Å². The number of aromatic nitrogens is 3. The van der Waals surface area contributed by atoms with Crippen molar-refractivity contribution in [3.8, 4) is 0 Å². The first-order valence-electron chi connectivity index (χ1n) is 7.41. The SMILES string of the molecule is CC(=O)c1[nH]c(C)c(C(=O)N2CCn3nc(C)cc3C2)c1C. The lowest BCUT2D eigenvalue weighted by Crippen LogP contribution is -2.38. The number of hydrogen-bond acceptors (Lipinski definition) is 3. The fraction of sp³-hybridized carbons (Fsp3) is 0.438. The Morgan fingerprint density at radius 3 is 2.59 bits per heavy atom. The van der Waals surface area contributed by atoms with E-state index in [1.165, 1.54) is 6.92 Å². The number of carbonyl (C=O) groups excluding carboxylic acids is 2. The number of rotatable bonds is 2. The van der Waals surface area contributed by atoms with Crippen LogP contribution in [-0.4, -0.2) is 37.9 Å². The van der Waals surface area contributed by atoms with Crippen molar-refractivity contribution in [3.05, 3.63) is 40.0 Å². The number of fused-ring (bicyclic) bond motifs is 1. The fourth-order valence-corrected chi connectivity index (χ4v) is 3.16. The second-order valence-corrected chi connectivity index (χ2v) is 5.91. The number of nitrogens with one attached hydrogen (secondary N) is 1. The van der Waals surface area contributed by atoms with Crippen LogP contribution in [0.3, 0.4) is 0 Å². The molecule has 0 radical (unpaired) electrons. The van der Waals surface area contributed by atoms with Gasteiger partial charge in [-0.05, 0) is 32.4 Å². The number of ketones is 1. The number of aryl methyl sites for hydroxylation is 2. The molecule has 0 aromatic carbocycles. The van der Waals surface area contributed by atoms with E-state index in [-0.39, 0.29) is 11.7 Å². The molecule has 1 aliphatic heterocycles. The Balaban J connectivity index is 1.91. The monoisotopic (exact) mass is 300 g/mol. The molecule has 1 amide bonds. The number of H-pyrrole nitrogens is 1. The van der Waals surface area contributed by atoms with Gasteiger partial charge in [-0.1, -0.05) is 0 Å². The van der Waals surface area contributed by atoms with E-state index < -0.39 is 0 Å². The lowest BCUT2D eigenvalue weighted by atomic mass is 10.1. The lowest BCUT2D eigenvalue weighted by Gasteiger charge is -2.28. The van der Waals surface area contributed by atoms with Gasteiger partial charge in [0.15, 0.2) is 5.78 Å². The molecule has 0 spiro atoms. The van der Waals surface area contributed by atoms with Gasteiger partial charge in [-0.15, -0.1) is 0 Å². The van der Waals surface area contributed by atoms with Crippen molar-refractivity contribution in [2.45, 2.75) is 40.8 Å². The summed E-state index contributed by atoms with van der Waals surface area (Å²) in [7, 11) is 0. The summed E-state index contributed by atoms with van der Waals surface area (Å²) in [5.41, 5.74) is 4.66. The number of Topliss-reactive ketones (excluding diaryl/α,β-unsaturated/α-hetero) is 1. The Kier molecular flexibility index (Phi) is 3.39. The summed E-state index contributed by atoms with van der Waals surface area (Å²) < 4.78 is 1.96. The largest absolute Gasteiger partial charge is 0.355 e. The molecule has 2 aromatic rings. The summed E-state index contributed by atoms with van der Waals surface area (Å²) in [4.78, 5) is 29.4. The van der Waals surface area contributed by atoms with Crippen LogP contribution in [0.5, 0.6) is 0 Å². The summed E-state index contributed by atoms with van der Waals surface area (Å²) in [6.07, 6.45) is 0. The van der Waals surface area contributed by atoms with Crippen LogP contribution in [-0.2, 0) is 13.1 Å². The molecule has 22 heavy (non-hydrogen) atoms. The standard InChI is InChI=1S/C16H20N4O2/c1-9-7-13-8-19(5-6-20(13)18-9)16(22)14-10(2)15(12(4)21)17-11(14)3/h7,17H,5-6,8H2,1-4H3. The molecule has 1 N–H and O–H groups in total. The van der Waals surface area contributed by atoms with E-state index in [2.05, 4.69) is 10.1 Å². The van der Waals surface area contributed by atoms with Crippen LogP contribution < -0.4 is 0 Å². The van der Waals surface area contributed by atoms with Crippen molar-refractivity contribution < 1.29 is 9.59 Å². The molecule has 2 aromatic heterocycles. The van der Waals surface area contributed by atoms with Crippen LogP contribution in [0.4, 0.5) is 0 Å². The lowest BCUT2D eigenvalue weighted by molar-refractivity contribution is 0.0705. The minimum atomic E-state index is -0.0491. The molecule has 3 heterocycles. The van der Waals surface area contributed by atoms with E-state index in [9.17, 15) is 9.59 Å². The van der Waals surface area contributed by atoms with Gasteiger partial charge < -0.3 is 9.88 Å². The van der Waals surface area contributed by atoms with E-state index in [1.807, 2.05) is 36.4 Å². The van der Waals surface area contributed by atoms with E-state index in [4.69, 9.17) is 0 Å². The highest BCUT2D eigenvalue weighted by atomic mass is 16.2. The number of amides is 1. The molecule has 3 rings (SSSR count). The number of nitrogens with zero attached hydrogens (tertiary/aromatic N) is 3. The molecule has 0 saturated carbocycles. The van der Waals surface area contributed by atoms with Gasteiger partial charge in [0.25, 0.3) is 5.91 Å². The normalized spacial score (nSPS) is 14.1. The third-order valence-electron chi connectivity index (χ3n) is 4.21. The van der Waals surface area contributed by atoms with Gasteiger partial charge in [0.05, 0.1) is 35.7 Å². The van der Waals surface area contributed by atoms with Crippen molar-refractivity contribution in [1.29, 1.82) is 0 Å². The predicted molar refractivity (Wildman–Crippen MR) is 82.0 cm³/mol. The molecule has 0 aliphatic carbocycles. The summed E-state index contributed by atoms with van der Waals surface area (Å²) in [5, 5.41) is 4.41. The van der Waals surface area contributed by atoms with Crippen LogP contribution >= 0.6 is 0 Å². The van der Waals surface area contributed by atoms with Gasteiger partial charge in [-0.25, -0.2) is 0 Å². The van der Waals surface area contributed by atoms with Crippen LogP contribution in [0.15, 0.2) is 6.07 Å². The summed E-state index contributed by atoms with van der Waals surface area (Å²) in [6, 6.07) is 2.01. The van der Waals surface area contributed by atoms with Crippen LogP contribution in [0, 0.1) is 20.8 Å². The van der Waals surface area contributed by atoms with Gasteiger partial charge in [0.1, 0.15) is 0 Å². The maximum Gasteiger partial charge on any atom is 0.256 e. The smallest absolute Gasteiger partial charge is 0.256 e. The first kappa shape index (κ1) is 14.6. The molecular formula is C16H20N4O2. The maximum absolute atomic E-state index is 12.9. The number of hydrogen-bond donors (Lipinski definition) is 1. The molecule has 0 saturated heterocycles. The van der Waals surface area contributed by atoms with Crippen LogP contribution in [0.2, 0.25) is 0 Å².